The van der Waals surface area contributed by atoms with Crippen LogP contribution in [0.1, 0.15) is 43.9 Å². The normalized spacial score (nSPS) is 13.5. The number of hydrogen-bond acceptors (Lipinski definition) is 8. The molecule has 1 heterocycles. The number of halogens is 1. The molecule has 0 fully saturated rings. The number of anilines is 1. The van der Waals surface area contributed by atoms with Crippen LogP contribution in [0.25, 0.3) is 17.3 Å². The van der Waals surface area contributed by atoms with E-state index in [-0.39, 0.29) is 56.0 Å². The Hall–Kier alpha value is -1.63. The zero-order valence-corrected chi connectivity index (χ0v) is 22.5. The second-order valence-electron chi connectivity index (χ2n) is 7.96. The molecule has 0 spiro atoms. The zero-order chi connectivity index (χ0) is 24.9. The molecule has 180 valence electrons. The summed E-state index contributed by atoms with van der Waals surface area (Å²) in [7, 11) is -2.34. The first-order valence-corrected chi connectivity index (χ1v) is 12.0. The first-order valence-electron chi connectivity index (χ1n) is 10.2. The van der Waals surface area contributed by atoms with Crippen LogP contribution < -0.4 is 9.41 Å². The molecule has 2 aromatic rings. The molecule has 1 aromatic heterocycles. The van der Waals surface area contributed by atoms with E-state index in [9.17, 15) is 32.9 Å². The molecule has 0 saturated carbocycles. The minimum Gasteiger partial charge on any atom is -0.550 e. The van der Waals surface area contributed by atoms with Gasteiger partial charge in [0.2, 0.25) is 16.0 Å². The Morgan fingerprint density at radius 3 is 2.29 bits per heavy atom. The SMILES string of the molecule is CC(C)c1nc(N(C)S(C)(=O)=O)nc(-c2ccc(F)cc2)c1/C=C/[C@@H](O)C[C@@H](O)CC(=O)[O-].[Ca+2]. The van der Waals surface area contributed by atoms with E-state index in [1.54, 1.807) is 0 Å². The number of nitrogens with zero attached hydrogens (tertiary/aromatic N) is 3. The van der Waals surface area contributed by atoms with Crippen LogP contribution in [-0.4, -0.2) is 97.8 Å². The van der Waals surface area contributed by atoms with Crippen molar-refractivity contribution in [2.75, 3.05) is 17.6 Å². The molecule has 0 unspecified atom stereocenters. The molecule has 0 aliphatic carbocycles. The molecule has 0 amide bonds. The van der Waals surface area contributed by atoms with E-state index in [1.807, 2.05) is 13.8 Å². The number of aliphatic hydroxyl groups is 2. The summed E-state index contributed by atoms with van der Waals surface area (Å²) in [6, 6.07) is 5.46. The molecule has 2 atom stereocenters. The largest absolute Gasteiger partial charge is 2.00 e. The Morgan fingerprint density at radius 1 is 1.21 bits per heavy atom. The standard InChI is InChI=1S/C22H28FN3O6S.Ca/c1-13(2)20-18(10-9-16(27)11-17(28)12-19(29)30)21(14-5-7-15(23)8-6-14)25-22(24-20)26(3)33(4,31)32;/h5-10,13,16-17,27-28H,11-12H2,1-4H3,(H,29,30);/q;+2/p-1/b10-9+;/t16-,17-;/m1./s1. The molecule has 2 rings (SSSR count). The Morgan fingerprint density at radius 2 is 1.79 bits per heavy atom. The number of benzene rings is 1. The molecule has 2 N–H and O–H groups in total. The van der Waals surface area contributed by atoms with E-state index in [2.05, 4.69) is 9.97 Å². The fraction of sp³-hybridized carbons (Fsp3) is 0.409. The predicted molar refractivity (Wildman–Crippen MR) is 126 cm³/mol. The zero-order valence-electron chi connectivity index (χ0n) is 19.5. The van der Waals surface area contributed by atoms with Gasteiger partial charge in [0.25, 0.3) is 0 Å². The Bertz CT molecular complexity index is 1130. The van der Waals surface area contributed by atoms with Gasteiger partial charge in [-0.15, -0.1) is 0 Å². The molecular weight excluding hydrogens is 493 g/mol. The van der Waals surface area contributed by atoms with E-state index < -0.39 is 40.4 Å². The maximum absolute atomic E-state index is 13.5. The number of carbonyl (C=O) groups is 1. The summed E-state index contributed by atoms with van der Waals surface area (Å²) in [6.07, 6.45) is 0.578. The average Bonchev–Trinajstić information content (AvgIpc) is 2.70. The topological polar surface area (TPSA) is 144 Å². The number of carbonyl (C=O) groups excluding carboxylic acids is 1. The first kappa shape index (κ1) is 30.4. The van der Waals surface area contributed by atoms with Crippen LogP contribution in [0.2, 0.25) is 0 Å². The van der Waals surface area contributed by atoms with Gasteiger partial charge in [-0.1, -0.05) is 26.0 Å². The van der Waals surface area contributed by atoms with Crippen molar-refractivity contribution in [2.24, 2.45) is 0 Å². The van der Waals surface area contributed by atoms with Crippen LogP contribution >= 0.6 is 0 Å². The van der Waals surface area contributed by atoms with Gasteiger partial charge in [-0.3, -0.25) is 0 Å². The number of aromatic nitrogens is 2. The summed E-state index contributed by atoms with van der Waals surface area (Å²) in [4.78, 5) is 19.4. The molecular formula is C22H27CaFN3O6S+. The third-order valence-electron chi connectivity index (χ3n) is 4.81. The third-order valence-corrected chi connectivity index (χ3v) is 5.97. The third kappa shape index (κ3) is 8.54. The number of sulfonamides is 1. The van der Waals surface area contributed by atoms with Crippen LogP contribution in [0.5, 0.6) is 0 Å². The van der Waals surface area contributed by atoms with Crippen LogP contribution in [0.4, 0.5) is 10.3 Å². The second kappa shape index (κ2) is 12.9. The second-order valence-corrected chi connectivity index (χ2v) is 9.97. The van der Waals surface area contributed by atoms with Gasteiger partial charge >= 0.3 is 37.7 Å². The molecule has 9 nitrogen and oxygen atoms in total. The molecule has 34 heavy (non-hydrogen) atoms. The maximum atomic E-state index is 13.5. The monoisotopic (exact) mass is 520 g/mol. The summed E-state index contributed by atoms with van der Waals surface area (Å²) in [6.45, 7) is 3.69. The van der Waals surface area contributed by atoms with Crippen molar-refractivity contribution < 1.29 is 32.9 Å². The van der Waals surface area contributed by atoms with Crippen molar-refractivity contribution in [2.45, 2.75) is 44.8 Å². The minimum atomic E-state index is -3.66. The van der Waals surface area contributed by atoms with Crippen molar-refractivity contribution in [3.8, 4) is 11.3 Å². The summed E-state index contributed by atoms with van der Waals surface area (Å²) >= 11 is 0. The molecule has 0 radical (unpaired) electrons. The summed E-state index contributed by atoms with van der Waals surface area (Å²) < 4.78 is 38.6. The van der Waals surface area contributed by atoms with Gasteiger partial charge in [0.1, 0.15) is 5.82 Å². The average molecular weight is 521 g/mol. The van der Waals surface area contributed by atoms with Gasteiger partial charge in [0.15, 0.2) is 0 Å². The van der Waals surface area contributed by atoms with Gasteiger partial charge in [-0.2, -0.15) is 0 Å². The summed E-state index contributed by atoms with van der Waals surface area (Å²) in [5, 5.41) is 30.6. The van der Waals surface area contributed by atoms with Gasteiger partial charge in [0, 0.05) is 37.0 Å². The maximum Gasteiger partial charge on any atom is 2.00 e. The first-order chi connectivity index (χ1) is 15.3. The fourth-order valence-corrected chi connectivity index (χ4v) is 3.41. The summed E-state index contributed by atoms with van der Waals surface area (Å²) in [5.74, 6) is -2.14. The van der Waals surface area contributed by atoms with Crippen molar-refractivity contribution in [3.05, 3.63) is 47.4 Å². The van der Waals surface area contributed by atoms with Crippen LogP contribution in [-0.2, 0) is 14.8 Å². The van der Waals surface area contributed by atoms with Gasteiger partial charge in [-0.05, 0) is 30.2 Å². The van der Waals surface area contributed by atoms with Gasteiger partial charge in [0.05, 0.1) is 29.9 Å². The Kier molecular flexibility index (Phi) is 11.5. The van der Waals surface area contributed by atoms with Crippen molar-refractivity contribution >= 4 is 65.8 Å². The van der Waals surface area contributed by atoms with E-state index in [1.165, 1.54) is 43.5 Å². The summed E-state index contributed by atoms with van der Waals surface area (Å²) in [5.41, 5.74) is 1.76. The number of hydrogen-bond donors (Lipinski definition) is 2. The molecule has 1 aromatic carbocycles. The molecule has 12 heteroatoms. The van der Waals surface area contributed by atoms with Gasteiger partial charge in [-0.25, -0.2) is 27.1 Å². The Balaban J connectivity index is 0.00000578. The molecule has 0 aliphatic heterocycles. The fourth-order valence-electron chi connectivity index (χ4n) is 3.04. The molecule has 0 bridgehead atoms. The minimum absolute atomic E-state index is 0. The van der Waals surface area contributed by atoms with Crippen molar-refractivity contribution in [1.82, 2.24) is 9.97 Å². The smallest absolute Gasteiger partial charge is 0.550 e. The number of rotatable bonds is 10. The van der Waals surface area contributed by atoms with Crippen molar-refractivity contribution in [1.29, 1.82) is 0 Å². The predicted octanol–water partition coefficient (Wildman–Crippen LogP) is 0.686. The number of carboxylic acids is 1. The van der Waals surface area contributed by atoms with Crippen molar-refractivity contribution in [3.63, 3.8) is 0 Å². The number of aliphatic carboxylic acids is 1. The Labute approximate surface area is 228 Å². The van der Waals surface area contributed by atoms with E-state index >= 15 is 0 Å². The van der Waals surface area contributed by atoms with Gasteiger partial charge < -0.3 is 20.1 Å². The van der Waals surface area contributed by atoms with Crippen LogP contribution in [0.15, 0.2) is 30.3 Å². The number of carboxylic acid groups (broad SMARTS) is 1. The quantitative estimate of drug-likeness (QED) is 0.436. The van der Waals surface area contributed by atoms with Crippen LogP contribution in [0.3, 0.4) is 0 Å². The van der Waals surface area contributed by atoms with E-state index in [4.69, 9.17) is 0 Å². The molecule has 0 aliphatic rings. The van der Waals surface area contributed by atoms with Crippen LogP contribution in [0, 0.1) is 5.82 Å². The van der Waals surface area contributed by atoms with E-state index in [0.717, 1.165) is 10.6 Å². The molecule has 0 saturated heterocycles. The number of aliphatic hydroxyl groups excluding tert-OH is 2. The van der Waals surface area contributed by atoms with E-state index in [0.29, 0.717) is 22.5 Å².